The number of hydrogen-bond donors (Lipinski definition) is 0. The first-order valence-electron chi connectivity index (χ1n) is 15.7. The molecule has 0 aliphatic carbocycles. The summed E-state index contributed by atoms with van der Waals surface area (Å²) in [6.45, 7) is 15.6. The largest absolute Gasteiger partial charge is 0.439 e. The molecule has 0 N–H and O–H groups in total. The summed E-state index contributed by atoms with van der Waals surface area (Å²) >= 11 is 0. The van der Waals surface area contributed by atoms with Gasteiger partial charge in [0.1, 0.15) is 11.3 Å². The molecule has 0 unspecified atom stereocenters. The van der Waals surface area contributed by atoms with Crippen molar-refractivity contribution < 1.29 is 4.42 Å². The molecule has 5 aromatic carbocycles. The van der Waals surface area contributed by atoms with Crippen LogP contribution < -0.4 is 0 Å². The maximum Gasteiger partial charge on any atom is 0.200 e. The van der Waals surface area contributed by atoms with Crippen LogP contribution in [0.5, 0.6) is 0 Å². The Morgan fingerprint density at radius 3 is 2.02 bits per heavy atom. The van der Waals surface area contributed by atoms with Crippen molar-refractivity contribution in [3.05, 3.63) is 114 Å². The number of fused-ring (bicyclic) bond motifs is 4. The Bertz CT molecular complexity index is 2130. The molecule has 220 valence electrons. The third-order valence-corrected chi connectivity index (χ3v) is 8.58. The lowest BCUT2D eigenvalue weighted by atomic mass is 9.88. The molecule has 0 aliphatic rings. The molecule has 0 fully saturated rings. The molecule has 0 bridgehead atoms. The van der Waals surface area contributed by atoms with E-state index in [9.17, 15) is 0 Å². The molecule has 2 aromatic heterocycles. The van der Waals surface area contributed by atoms with E-state index in [-0.39, 0.29) is 17.3 Å². The van der Waals surface area contributed by atoms with Crippen LogP contribution >= 0.6 is 0 Å². The van der Waals surface area contributed by atoms with E-state index in [1.54, 1.807) is 0 Å². The number of imidazole rings is 1. The zero-order valence-electron chi connectivity index (χ0n) is 26.6. The molecular weight excluding hydrogens is 538 g/mol. The van der Waals surface area contributed by atoms with Gasteiger partial charge in [-0.15, -0.1) is 0 Å². The fraction of sp³-hybridized carbons (Fsp3) is 0.250. The number of benzene rings is 5. The van der Waals surface area contributed by atoms with E-state index in [0.29, 0.717) is 0 Å². The van der Waals surface area contributed by atoms with E-state index >= 15 is 0 Å². The smallest absolute Gasteiger partial charge is 0.200 e. The number of aromatic nitrogens is 3. The summed E-state index contributed by atoms with van der Waals surface area (Å²) in [6.07, 6.45) is 0. The third kappa shape index (κ3) is 4.61. The first-order valence-corrected chi connectivity index (χ1v) is 15.7. The monoisotopic (exact) mass is 577 g/mol. The van der Waals surface area contributed by atoms with Crippen molar-refractivity contribution in [3.63, 3.8) is 0 Å². The predicted octanol–water partition coefficient (Wildman–Crippen LogP) is 11.2. The fourth-order valence-electron chi connectivity index (χ4n) is 6.30. The van der Waals surface area contributed by atoms with Crippen LogP contribution in [-0.4, -0.2) is 14.5 Å². The van der Waals surface area contributed by atoms with Gasteiger partial charge in [-0.25, -0.2) is 9.97 Å². The first kappa shape index (κ1) is 28.1. The second kappa shape index (κ2) is 10.5. The highest BCUT2D eigenvalue weighted by Crippen LogP contribution is 2.43. The number of oxazole rings is 1. The molecular formula is C40H39N3O. The third-order valence-electron chi connectivity index (χ3n) is 8.58. The minimum Gasteiger partial charge on any atom is -0.439 e. The first-order chi connectivity index (χ1) is 21.1. The molecule has 0 aliphatic heterocycles. The summed E-state index contributed by atoms with van der Waals surface area (Å²) in [5, 5.41) is 2.37. The van der Waals surface area contributed by atoms with E-state index in [4.69, 9.17) is 14.4 Å². The SMILES string of the molecule is CC(C)c1cc(-c2ccccc2)cc(C(C)C)c1-n1c(-c2cccc3nc(C(C)(C)C)oc23)nc2ccc3ccccc3c21. The summed E-state index contributed by atoms with van der Waals surface area (Å²) in [5.74, 6) is 2.15. The molecule has 0 amide bonds. The van der Waals surface area contributed by atoms with Gasteiger partial charge < -0.3 is 4.42 Å². The summed E-state index contributed by atoms with van der Waals surface area (Å²) in [6, 6.07) is 34.7. The van der Waals surface area contributed by atoms with E-state index < -0.39 is 0 Å². The number of rotatable bonds is 5. The zero-order chi connectivity index (χ0) is 30.7. The normalized spacial score (nSPS) is 12.4. The van der Waals surface area contributed by atoms with Crippen LogP contribution in [0.25, 0.3) is 61.1 Å². The quantitative estimate of drug-likeness (QED) is 0.204. The van der Waals surface area contributed by atoms with Gasteiger partial charge in [0.2, 0.25) is 5.89 Å². The summed E-state index contributed by atoms with van der Waals surface area (Å²) < 4.78 is 8.98. The maximum absolute atomic E-state index is 6.56. The summed E-state index contributed by atoms with van der Waals surface area (Å²) in [7, 11) is 0. The van der Waals surface area contributed by atoms with Crippen LogP contribution in [0, 0.1) is 0 Å². The Morgan fingerprint density at radius 1 is 0.659 bits per heavy atom. The predicted molar refractivity (Wildman–Crippen MR) is 184 cm³/mol. The van der Waals surface area contributed by atoms with Crippen molar-refractivity contribution in [2.45, 2.75) is 65.7 Å². The minimum absolute atomic E-state index is 0.213. The molecule has 4 nitrogen and oxygen atoms in total. The average Bonchev–Trinajstić information content (AvgIpc) is 3.63. The van der Waals surface area contributed by atoms with Crippen LogP contribution in [0.2, 0.25) is 0 Å². The van der Waals surface area contributed by atoms with Crippen molar-refractivity contribution in [2.75, 3.05) is 0 Å². The highest BCUT2D eigenvalue weighted by atomic mass is 16.3. The van der Waals surface area contributed by atoms with Gasteiger partial charge in [0.15, 0.2) is 5.58 Å². The van der Waals surface area contributed by atoms with Crippen molar-refractivity contribution in [2.24, 2.45) is 0 Å². The second-order valence-electron chi connectivity index (χ2n) is 13.5. The molecule has 0 saturated carbocycles. The van der Waals surface area contributed by atoms with Crippen molar-refractivity contribution in [3.8, 4) is 28.2 Å². The van der Waals surface area contributed by atoms with Crippen LogP contribution in [0.15, 0.2) is 101 Å². The topological polar surface area (TPSA) is 43.9 Å². The summed E-state index contributed by atoms with van der Waals surface area (Å²) in [5.41, 5.74) is 10.7. The Morgan fingerprint density at radius 2 is 1.34 bits per heavy atom. The maximum atomic E-state index is 6.56. The number of para-hydroxylation sites is 1. The standard InChI is InChI=1S/C40H39N3O/c1-24(2)31-22-28(26-14-9-8-10-15-26)23-32(25(3)4)35(31)43-36-29-17-12-11-16-27(29)20-21-33(36)41-38(43)30-18-13-19-34-37(30)44-39(42-34)40(5,6)7/h8-25H,1-7H3. The van der Waals surface area contributed by atoms with E-state index in [1.165, 1.54) is 38.7 Å². The molecule has 44 heavy (non-hydrogen) atoms. The molecule has 4 heteroatoms. The van der Waals surface area contributed by atoms with Crippen LogP contribution in [0.1, 0.15) is 77.3 Å². The van der Waals surface area contributed by atoms with Crippen LogP contribution in [0.4, 0.5) is 0 Å². The van der Waals surface area contributed by atoms with Gasteiger partial charge in [0, 0.05) is 10.8 Å². The Hall–Kier alpha value is -4.70. The van der Waals surface area contributed by atoms with Crippen molar-refractivity contribution >= 4 is 32.9 Å². The van der Waals surface area contributed by atoms with E-state index in [1.807, 2.05) is 6.07 Å². The number of hydrogen-bond acceptors (Lipinski definition) is 3. The molecule has 0 radical (unpaired) electrons. The van der Waals surface area contributed by atoms with Gasteiger partial charge in [0.05, 0.1) is 22.3 Å². The molecule has 0 spiro atoms. The van der Waals surface area contributed by atoms with Crippen LogP contribution in [0.3, 0.4) is 0 Å². The van der Waals surface area contributed by atoms with Gasteiger partial charge >= 0.3 is 0 Å². The lowest BCUT2D eigenvalue weighted by Crippen LogP contribution is -2.11. The molecule has 2 heterocycles. The lowest BCUT2D eigenvalue weighted by Gasteiger charge is -2.24. The summed E-state index contributed by atoms with van der Waals surface area (Å²) in [4.78, 5) is 10.3. The average molecular weight is 578 g/mol. The Kier molecular flexibility index (Phi) is 6.69. The van der Waals surface area contributed by atoms with Crippen LogP contribution in [-0.2, 0) is 5.41 Å². The van der Waals surface area contributed by atoms with Crippen molar-refractivity contribution in [1.82, 2.24) is 14.5 Å². The van der Waals surface area contributed by atoms with Gasteiger partial charge in [-0.05, 0) is 69.8 Å². The highest BCUT2D eigenvalue weighted by molar-refractivity contribution is 6.07. The second-order valence-corrected chi connectivity index (χ2v) is 13.5. The molecule has 7 aromatic rings. The fourth-order valence-corrected chi connectivity index (χ4v) is 6.30. The minimum atomic E-state index is -0.213. The van der Waals surface area contributed by atoms with Crippen molar-refractivity contribution in [1.29, 1.82) is 0 Å². The van der Waals surface area contributed by atoms with Gasteiger partial charge in [-0.1, -0.05) is 115 Å². The molecule has 7 rings (SSSR count). The number of nitrogens with zero attached hydrogens (tertiary/aromatic N) is 3. The molecule has 0 saturated heterocycles. The Labute approximate surface area is 259 Å². The lowest BCUT2D eigenvalue weighted by molar-refractivity contribution is 0.411. The van der Waals surface area contributed by atoms with Gasteiger partial charge in [-0.2, -0.15) is 0 Å². The van der Waals surface area contributed by atoms with E-state index in [2.05, 4.69) is 144 Å². The van der Waals surface area contributed by atoms with E-state index in [0.717, 1.165) is 39.4 Å². The van der Waals surface area contributed by atoms with Gasteiger partial charge in [-0.3, -0.25) is 4.57 Å². The zero-order valence-corrected chi connectivity index (χ0v) is 26.6. The van der Waals surface area contributed by atoms with Gasteiger partial charge in [0.25, 0.3) is 0 Å². The highest BCUT2D eigenvalue weighted by Gasteiger charge is 2.27. The molecule has 0 atom stereocenters. The Balaban J connectivity index is 1.65.